The molecule has 0 bridgehead atoms. The van der Waals surface area contributed by atoms with Gasteiger partial charge in [-0.1, -0.05) is 24.3 Å². The summed E-state index contributed by atoms with van der Waals surface area (Å²) in [6.07, 6.45) is 3.98. The zero-order chi connectivity index (χ0) is 14.9. The van der Waals surface area contributed by atoms with Gasteiger partial charge in [0.25, 0.3) is 0 Å². The number of hydrogen-bond donors (Lipinski definition) is 1. The van der Waals surface area contributed by atoms with Gasteiger partial charge in [0, 0.05) is 5.39 Å². The van der Waals surface area contributed by atoms with Gasteiger partial charge >= 0.3 is 0 Å². The van der Waals surface area contributed by atoms with Gasteiger partial charge in [-0.05, 0) is 30.5 Å². The van der Waals surface area contributed by atoms with Crippen molar-refractivity contribution in [3.63, 3.8) is 0 Å². The quantitative estimate of drug-likeness (QED) is 0.403. The second-order valence-electron chi connectivity index (χ2n) is 5.51. The van der Waals surface area contributed by atoms with E-state index in [0.717, 1.165) is 22.1 Å². The molecule has 0 fully saturated rings. The molecule has 5 heteroatoms. The van der Waals surface area contributed by atoms with Crippen molar-refractivity contribution in [2.75, 3.05) is 13.2 Å². The molecule has 0 amide bonds. The lowest BCUT2D eigenvalue weighted by molar-refractivity contribution is -0.212. The zero-order valence-electron chi connectivity index (χ0n) is 12.1. The second-order valence-corrected chi connectivity index (χ2v) is 5.51. The summed E-state index contributed by atoms with van der Waals surface area (Å²) in [7, 11) is 2.01. The molecule has 1 N–H and O–H groups in total. The van der Waals surface area contributed by atoms with E-state index in [1.54, 1.807) is 0 Å². The van der Waals surface area contributed by atoms with Crippen molar-refractivity contribution in [1.82, 2.24) is 0 Å². The van der Waals surface area contributed by atoms with Crippen LogP contribution in [0.25, 0.3) is 16.8 Å². The lowest BCUT2D eigenvalue weighted by Crippen LogP contribution is -2.32. The van der Waals surface area contributed by atoms with Gasteiger partial charge in [0.15, 0.2) is 13.6 Å². The summed E-state index contributed by atoms with van der Waals surface area (Å²) in [5.74, 6) is 1.38. The third-order valence-electron chi connectivity index (χ3n) is 3.34. The van der Waals surface area contributed by atoms with Crippen LogP contribution in [-0.2, 0) is 4.89 Å². The molecule has 21 heavy (non-hydrogen) atoms. The molecule has 1 atom stereocenters. The van der Waals surface area contributed by atoms with Crippen molar-refractivity contribution in [2.45, 2.75) is 12.4 Å². The Morgan fingerprint density at radius 3 is 2.95 bits per heavy atom. The van der Waals surface area contributed by atoms with Gasteiger partial charge in [-0.3, -0.25) is 0 Å². The Morgan fingerprint density at radius 2 is 2.14 bits per heavy atom. The molecular weight excluding hydrogens is 267 g/mol. The molecule has 1 heterocycles. The van der Waals surface area contributed by atoms with Crippen LogP contribution in [0.1, 0.15) is 12.5 Å². The molecular formula is C16H17BO4. The molecule has 4 nitrogen and oxygen atoms in total. The van der Waals surface area contributed by atoms with Crippen LogP contribution in [-0.4, -0.2) is 31.7 Å². The molecule has 0 aromatic heterocycles. The van der Waals surface area contributed by atoms with Crippen LogP contribution in [0.5, 0.6) is 11.5 Å². The Hall–Kier alpha value is -1.98. The number of fused-ring (bicyclic) bond motifs is 3. The lowest BCUT2D eigenvalue weighted by atomic mass is 9.81. The highest BCUT2D eigenvalue weighted by Crippen LogP contribution is 2.42. The Labute approximate surface area is 124 Å². The van der Waals surface area contributed by atoms with Gasteiger partial charge in [0.2, 0.25) is 0 Å². The van der Waals surface area contributed by atoms with Crippen LogP contribution in [0.2, 0.25) is 0 Å². The lowest BCUT2D eigenvalue weighted by Gasteiger charge is -2.29. The number of benzene rings is 2. The van der Waals surface area contributed by atoms with E-state index in [-0.39, 0.29) is 18.7 Å². The van der Waals surface area contributed by atoms with Gasteiger partial charge in [0.05, 0.1) is 17.7 Å². The first-order valence-electron chi connectivity index (χ1n) is 6.95. The minimum Gasteiger partial charge on any atom is -0.492 e. The van der Waals surface area contributed by atoms with Crippen LogP contribution in [0, 0.1) is 0 Å². The van der Waals surface area contributed by atoms with Crippen molar-refractivity contribution in [2.24, 2.45) is 0 Å². The standard InChI is InChI=1S/C16H17BO4/c1-16(17)7-6-13-14(21-19-9-8-18)10-11-4-2-3-5-12(11)15(13)20-16/h2-7,10,18H,8-9,17H2,1H3. The van der Waals surface area contributed by atoms with Crippen molar-refractivity contribution in [1.29, 1.82) is 0 Å². The van der Waals surface area contributed by atoms with Gasteiger partial charge in [-0.2, -0.15) is 4.89 Å². The molecule has 0 aliphatic carbocycles. The first-order valence-corrected chi connectivity index (χ1v) is 6.95. The van der Waals surface area contributed by atoms with Crippen LogP contribution < -0.4 is 9.62 Å². The molecule has 1 aliphatic rings. The number of ether oxygens (including phenoxy) is 1. The Balaban J connectivity index is 2.12. The van der Waals surface area contributed by atoms with E-state index in [1.165, 1.54) is 0 Å². The van der Waals surface area contributed by atoms with Crippen molar-refractivity contribution in [3.05, 3.63) is 42.0 Å². The topological polar surface area (TPSA) is 47.9 Å². The predicted octanol–water partition coefficient (Wildman–Crippen LogP) is 1.90. The normalized spacial score (nSPS) is 20.1. The summed E-state index contributed by atoms with van der Waals surface area (Å²) in [6.45, 7) is 2.05. The average Bonchev–Trinajstić information content (AvgIpc) is 2.46. The molecule has 108 valence electrons. The zero-order valence-corrected chi connectivity index (χ0v) is 12.1. The third kappa shape index (κ3) is 2.75. The van der Waals surface area contributed by atoms with Crippen LogP contribution in [0.3, 0.4) is 0 Å². The minimum absolute atomic E-state index is 0.0882. The fraction of sp³-hybridized carbons (Fsp3) is 0.250. The minimum atomic E-state index is -0.361. The smallest absolute Gasteiger partial charge is 0.176 e. The van der Waals surface area contributed by atoms with E-state index < -0.39 is 0 Å². The van der Waals surface area contributed by atoms with Gasteiger partial charge in [0.1, 0.15) is 12.4 Å². The van der Waals surface area contributed by atoms with E-state index in [4.69, 9.17) is 19.6 Å². The maximum atomic E-state index is 8.78. The van der Waals surface area contributed by atoms with Gasteiger partial charge < -0.3 is 14.7 Å². The predicted molar refractivity (Wildman–Crippen MR) is 84.2 cm³/mol. The first-order chi connectivity index (χ1) is 10.1. The fourth-order valence-electron chi connectivity index (χ4n) is 2.37. The number of rotatable bonds is 4. The van der Waals surface area contributed by atoms with Crippen LogP contribution >= 0.6 is 0 Å². The highest BCUT2D eigenvalue weighted by atomic mass is 17.2. The summed E-state index contributed by atoms with van der Waals surface area (Å²) >= 11 is 0. The number of aliphatic hydroxyl groups excluding tert-OH is 1. The number of hydrogen-bond acceptors (Lipinski definition) is 4. The highest BCUT2D eigenvalue weighted by Gasteiger charge is 2.26. The molecule has 1 unspecified atom stereocenters. The fourth-order valence-corrected chi connectivity index (χ4v) is 2.37. The maximum Gasteiger partial charge on any atom is 0.176 e. The molecule has 3 rings (SSSR count). The molecule has 1 aliphatic heterocycles. The second kappa shape index (κ2) is 5.43. The summed E-state index contributed by atoms with van der Waals surface area (Å²) < 4.78 is 6.11. The summed E-state index contributed by atoms with van der Waals surface area (Å²) in [5.41, 5.74) is 0.492. The van der Waals surface area contributed by atoms with Crippen molar-refractivity contribution < 1.29 is 19.6 Å². The monoisotopic (exact) mass is 284 g/mol. The molecule has 0 saturated heterocycles. The van der Waals surface area contributed by atoms with E-state index in [9.17, 15) is 0 Å². The molecule has 0 saturated carbocycles. The highest BCUT2D eigenvalue weighted by molar-refractivity contribution is 6.17. The van der Waals surface area contributed by atoms with Crippen LogP contribution in [0.4, 0.5) is 0 Å². The van der Waals surface area contributed by atoms with E-state index >= 15 is 0 Å². The molecule has 0 radical (unpaired) electrons. The van der Waals surface area contributed by atoms with Crippen molar-refractivity contribution >= 4 is 24.7 Å². The van der Waals surface area contributed by atoms with Crippen LogP contribution in [0.15, 0.2) is 36.4 Å². The molecule has 2 aromatic carbocycles. The Kier molecular flexibility index (Phi) is 3.61. The van der Waals surface area contributed by atoms with E-state index in [0.29, 0.717) is 5.75 Å². The van der Waals surface area contributed by atoms with Gasteiger partial charge in [-0.15, -0.1) is 0 Å². The summed E-state index contributed by atoms with van der Waals surface area (Å²) in [5, 5.41) is 10.8. The molecule has 2 aromatic rings. The number of aliphatic hydroxyl groups is 1. The Morgan fingerprint density at radius 1 is 1.33 bits per heavy atom. The van der Waals surface area contributed by atoms with E-state index in [1.807, 2.05) is 57.3 Å². The Bertz CT molecular complexity index is 694. The average molecular weight is 284 g/mol. The summed E-state index contributed by atoms with van der Waals surface area (Å²) in [6, 6.07) is 9.90. The first kappa shape index (κ1) is 14.0. The summed E-state index contributed by atoms with van der Waals surface area (Å²) in [4.78, 5) is 10.3. The largest absolute Gasteiger partial charge is 0.492 e. The SMILES string of the molecule is BC1(C)C=Cc2c(OOCCO)cc3ccccc3c2O1. The molecule has 0 spiro atoms. The van der Waals surface area contributed by atoms with Crippen molar-refractivity contribution in [3.8, 4) is 11.5 Å². The van der Waals surface area contributed by atoms with E-state index in [2.05, 4.69) is 0 Å². The van der Waals surface area contributed by atoms with Gasteiger partial charge in [-0.25, -0.2) is 0 Å². The maximum absolute atomic E-state index is 8.78. The third-order valence-corrected chi connectivity index (χ3v) is 3.34.